The van der Waals surface area contributed by atoms with E-state index in [1.165, 1.54) is 29.7 Å². The van der Waals surface area contributed by atoms with Crippen LogP contribution in [0.15, 0.2) is 42.5 Å². The van der Waals surface area contributed by atoms with E-state index in [0.717, 1.165) is 24.2 Å². The largest absolute Gasteiger partial charge is 0.489 e. The molecule has 2 aromatic rings. The van der Waals surface area contributed by atoms with Gasteiger partial charge >= 0.3 is 0 Å². The lowest BCUT2D eigenvalue weighted by Gasteiger charge is -2.26. The maximum absolute atomic E-state index is 12.9. The maximum atomic E-state index is 12.9. The highest BCUT2D eigenvalue weighted by Gasteiger charge is 2.20. The van der Waals surface area contributed by atoms with Gasteiger partial charge in [-0.2, -0.15) is 0 Å². The Morgan fingerprint density at radius 1 is 1.22 bits per heavy atom. The summed E-state index contributed by atoms with van der Waals surface area (Å²) in [6.07, 6.45) is 8.72. The van der Waals surface area contributed by atoms with Crippen LogP contribution < -0.4 is 10.1 Å². The van der Waals surface area contributed by atoms with Crippen molar-refractivity contribution in [2.75, 3.05) is 6.54 Å². The molecule has 1 aliphatic carbocycles. The van der Waals surface area contributed by atoms with Gasteiger partial charge in [0.2, 0.25) is 0 Å². The number of fused-ring (bicyclic) bond motifs is 1. The fourth-order valence-corrected chi connectivity index (χ4v) is 3.01. The second-order valence-electron chi connectivity index (χ2n) is 5.81. The van der Waals surface area contributed by atoms with Crippen molar-refractivity contribution in [2.24, 2.45) is 0 Å². The standard InChI is InChI=1S/C20H20FNO/c1-2-12-22-20-5-3-4-16-8-11-18(13-19(16)20)23-14-15-6-9-17(21)10-7-15/h1,6-11,13,20,22H,3-5,12,14H2. The van der Waals surface area contributed by atoms with Crippen molar-refractivity contribution in [1.29, 1.82) is 0 Å². The van der Waals surface area contributed by atoms with Crippen molar-refractivity contribution in [3.05, 3.63) is 65.0 Å². The van der Waals surface area contributed by atoms with Crippen LogP contribution in [0.1, 0.15) is 35.6 Å². The first kappa shape index (κ1) is 15.6. The summed E-state index contributed by atoms with van der Waals surface area (Å²) in [6.45, 7) is 1.01. The Bertz CT molecular complexity index is 703. The predicted octanol–water partition coefficient (Wildman–Crippen LogP) is 4.00. The van der Waals surface area contributed by atoms with Gasteiger partial charge in [-0.3, -0.25) is 5.32 Å². The van der Waals surface area contributed by atoms with E-state index in [-0.39, 0.29) is 5.82 Å². The van der Waals surface area contributed by atoms with Gasteiger partial charge < -0.3 is 4.74 Å². The molecule has 0 saturated heterocycles. The molecule has 0 amide bonds. The lowest BCUT2D eigenvalue weighted by Crippen LogP contribution is -2.25. The lowest BCUT2D eigenvalue weighted by atomic mass is 9.87. The van der Waals surface area contributed by atoms with Crippen LogP contribution in [0.3, 0.4) is 0 Å². The molecule has 0 saturated carbocycles. The molecule has 0 spiro atoms. The number of terminal acetylenes is 1. The Morgan fingerprint density at radius 3 is 2.83 bits per heavy atom. The minimum atomic E-state index is -0.232. The molecule has 3 rings (SSSR count). The summed E-state index contributed by atoms with van der Waals surface area (Å²) < 4.78 is 18.8. The van der Waals surface area contributed by atoms with Crippen LogP contribution >= 0.6 is 0 Å². The van der Waals surface area contributed by atoms with Crippen LogP contribution in [-0.2, 0) is 13.0 Å². The Kier molecular flexibility index (Phi) is 4.95. The van der Waals surface area contributed by atoms with Gasteiger partial charge in [-0.15, -0.1) is 6.42 Å². The van der Waals surface area contributed by atoms with Gasteiger partial charge in [-0.1, -0.05) is 24.1 Å². The van der Waals surface area contributed by atoms with Gasteiger partial charge in [0, 0.05) is 6.04 Å². The van der Waals surface area contributed by atoms with E-state index in [9.17, 15) is 4.39 Å². The summed E-state index contributed by atoms with van der Waals surface area (Å²) in [5, 5.41) is 3.40. The topological polar surface area (TPSA) is 21.3 Å². The van der Waals surface area contributed by atoms with E-state index >= 15 is 0 Å². The molecule has 0 heterocycles. The van der Waals surface area contributed by atoms with Crippen molar-refractivity contribution in [3.8, 4) is 18.1 Å². The van der Waals surface area contributed by atoms with E-state index in [0.29, 0.717) is 19.2 Å². The van der Waals surface area contributed by atoms with Crippen molar-refractivity contribution in [1.82, 2.24) is 5.32 Å². The third-order valence-corrected chi connectivity index (χ3v) is 4.20. The van der Waals surface area contributed by atoms with Gasteiger partial charge in [0.05, 0.1) is 6.54 Å². The fourth-order valence-electron chi connectivity index (χ4n) is 3.01. The second-order valence-corrected chi connectivity index (χ2v) is 5.81. The van der Waals surface area contributed by atoms with E-state index in [4.69, 9.17) is 11.2 Å². The summed E-state index contributed by atoms with van der Waals surface area (Å²) in [5.74, 6) is 3.24. The normalized spacial score (nSPS) is 16.4. The van der Waals surface area contributed by atoms with E-state index in [1.807, 2.05) is 6.07 Å². The maximum Gasteiger partial charge on any atom is 0.123 e. The second kappa shape index (κ2) is 7.30. The van der Waals surface area contributed by atoms with Crippen LogP contribution in [0.5, 0.6) is 5.75 Å². The minimum Gasteiger partial charge on any atom is -0.489 e. The fraction of sp³-hybridized carbons (Fsp3) is 0.300. The summed E-state index contributed by atoms with van der Waals surface area (Å²) in [4.78, 5) is 0. The highest BCUT2D eigenvalue weighted by Crippen LogP contribution is 2.32. The molecule has 1 atom stereocenters. The third-order valence-electron chi connectivity index (χ3n) is 4.20. The Hall–Kier alpha value is -2.31. The summed E-state index contributed by atoms with van der Waals surface area (Å²) in [5.41, 5.74) is 3.59. The van der Waals surface area contributed by atoms with E-state index in [1.54, 1.807) is 12.1 Å². The van der Waals surface area contributed by atoms with E-state index in [2.05, 4.69) is 23.4 Å². The molecule has 0 radical (unpaired) electrons. The molecule has 1 aliphatic rings. The van der Waals surface area contributed by atoms with Crippen molar-refractivity contribution < 1.29 is 9.13 Å². The van der Waals surface area contributed by atoms with Gasteiger partial charge in [0.1, 0.15) is 18.2 Å². The van der Waals surface area contributed by atoms with Gasteiger partial charge in [-0.25, -0.2) is 4.39 Å². The number of benzene rings is 2. The van der Waals surface area contributed by atoms with Gasteiger partial charge in [0.25, 0.3) is 0 Å². The van der Waals surface area contributed by atoms with Crippen molar-refractivity contribution in [2.45, 2.75) is 31.9 Å². The van der Waals surface area contributed by atoms with Crippen LogP contribution in [0.4, 0.5) is 4.39 Å². The lowest BCUT2D eigenvalue weighted by molar-refractivity contribution is 0.305. The van der Waals surface area contributed by atoms with Gasteiger partial charge in [0.15, 0.2) is 0 Å². The third kappa shape index (κ3) is 3.91. The highest BCUT2D eigenvalue weighted by atomic mass is 19.1. The quantitative estimate of drug-likeness (QED) is 0.843. The average Bonchev–Trinajstić information content (AvgIpc) is 2.59. The first-order valence-corrected chi connectivity index (χ1v) is 7.93. The van der Waals surface area contributed by atoms with Crippen LogP contribution in [0.2, 0.25) is 0 Å². The number of nitrogens with one attached hydrogen (secondary N) is 1. The number of hydrogen-bond acceptors (Lipinski definition) is 2. The molecule has 2 nitrogen and oxygen atoms in total. The molecule has 2 aromatic carbocycles. The van der Waals surface area contributed by atoms with Crippen molar-refractivity contribution >= 4 is 0 Å². The summed E-state index contributed by atoms with van der Waals surface area (Å²) in [6, 6.07) is 12.9. The highest BCUT2D eigenvalue weighted by molar-refractivity contribution is 5.39. The molecular weight excluding hydrogens is 289 g/mol. The SMILES string of the molecule is C#CCNC1CCCc2ccc(OCc3ccc(F)cc3)cc21. The average molecular weight is 309 g/mol. The van der Waals surface area contributed by atoms with Crippen LogP contribution in [0, 0.1) is 18.2 Å². The molecule has 1 unspecified atom stereocenters. The molecule has 0 bridgehead atoms. The monoisotopic (exact) mass is 309 g/mol. The first-order valence-electron chi connectivity index (χ1n) is 7.93. The predicted molar refractivity (Wildman–Crippen MR) is 89.7 cm³/mol. The van der Waals surface area contributed by atoms with Crippen LogP contribution in [-0.4, -0.2) is 6.54 Å². The van der Waals surface area contributed by atoms with Crippen LogP contribution in [0.25, 0.3) is 0 Å². The Labute approximate surface area is 136 Å². The molecule has 1 N–H and O–H groups in total. The number of hydrogen-bond donors (Lipinski definition) is 1. The summed E-state index contributed by atoms with van der Waals surface area (Å²) in [7, 11) is 0. The molecule has 3 heteroatoms. The molecule has 0 fully saturated rings. The van der Waals surface area contributed by atoms with E-state index < -0.39 is 0 Å². The molecule has 23 heavy (non-hydrogen) atoms. The van der Waals surface area contributed by atoms with Crippen molar-refractivity contribution in [3.63, 3.8) is 0 Å². The Morgan fingerprint density at radius 2 is 2.04 bits per heavy atom. The zero-order chi connectivity index (χ0) is 16.1. The summed E-state index contributed by atoms with van der Waals surface area (Å²) >= 11 is 0. The molecular formula is C20H20FNO. The Balaban J connectivity index is 1.71. The molecule has 0 aliphatic heterocycles. The smallest absolute Gasteiger partial charge is 0.123 e. The molecule has 118 valence electrons. The zero-order valence-corrected chi connectivity index (χ0v) is 13.0. The minimum absolute atomic E-state index is 0.232. The number of rotatable bonds is 5. The number of halogens is 1. The number of aryl methyl sites for hydroxylation is 1. The molecule has 0 aromatic heterocycles. The zero-order valence-electron chi connectivity index (χ0n) is 13.0. The van der Waals surface area contributed by atoms with Gasteiger partial charge in [-0.05, 0) is 60.2 Å². The first-order chi connectivity index (χ1) is 11.3. The number of ether oxygens (including phenoxy) is 1.